The highest BCUT2D eigenvalue weighted by atomic mass is 79.9. The molecule has 0 amide bonds. The lowest BCUT2D eigenvalue weighted by atomic mass is 9.91. The van der Waals surface area contributed by atoms with Crippen molar-refractivity contribution in [1.29, 1.82) is 0 Å². The van der Waals surface area contributed by atoms with Crippen LogP contribution in [-0.4, -0.2) is 23.0 Å². The van der Waals surface area contributed by atoms with E-state index in [0.717, 1.165) is 13.1 Å². The normalized spacial score (nSPS) is 23.1. The van der Waals surface area contributed by atoms with Gasteiger partial charge in [0.25, 0.3) is 0 Å². The Labute approximate surface area is 121 Å². The van der Waals surface area contributed by atoms with E-state index in [0.29, 0.717) is 6.04 Å². The Morgan fingerprint density at radius 1 is 1.21 bits per heavy atom. The fourth-order valence-corrected chi connectivity index (χ4v) is 3.89. The number of hydrogen-bond acceptors (Lipinski definition) is 1. The van der Waals surface area contributed by atoms with E-state index in [1.807, 2.05) is 0 Å². The van der Waals surface area contributed by atoms with Crippen LogP contribution in [0, 0.1) is 0 Å². The van der Waals surface area contributed by atoms with Gasteiger partial charge in [-0.3, -0.25) is 4.90 Å². The Balaban J connectivity index is 1.84. The Bertz CT molecular complexity index is 648. The maximum absolute atomic E-state index is 3.68. The number of nitrogens with one attached hydrogen (secondary N) is 1. The number of hydrogen-bond donors (Lipinski definition) is 1. The highest BCUT2D eigenvalue weighted by Gasteiger charge is 2.29. The van der Waals surface area contributed by atoms with Crippen LogP contribution in [0.15, 0.2) is 34.8 Å². The van der Waals surface area contributed by atoms with Crippen molar-refractivity contribution < 1.29 is 0 Å². The Hall–Kier alpha value is -1.06. The SMILES string of the molecule is Brc1ccc2[nH]c3c(c2c1)CCCC3N1CC=CC1. The first kappa shape index (κ1) is 11.7. The molecule has 1 aromatic heterocycles. The lowest BCUT2D eigenvalue weighted by Crippen LogP contribution is -2.29. The minimum atomic E-state index is 0.574. The molecule has 2 nitrogen and oxygen atoms in total. The van der Waals surface area contributed by atoms with Crippen LogP contribution in [0.5, 0.6) is 0 Å². The number of aromatic amines is 1. The van der Waals surface area contributed by atoms with Gasteiger partial charge in [0, 0.05) is 34.2 Å². The summed E-state index contributed by atoms with van der Waals surface area (Å²) in [6, 6.07) is 7.15. The highest BCUT2D eigenvalue weighted by Crippen LogP contribution is 2.39. The minimum Gasteiger partial charge on any atom is -0.357 e. The zero-order valence-corrected chi connectivity index (χ0v) is 12.4. The number of rotatable bonds is 1. The molecule has 0 spiro atoms. The van der Waals surface area contributed by atoms with Gasteiger partial charge in [0.15, 0.2) is 0 Å². The molecule has 2 heterocycles. The summed E-state index contributed by atoms with van der Waals surface area (Å²) in [6.07, 6.45) is 8.36. The molecule has 0 radical (unpaired) electrons. The Kier molecular flexibility index (Phi) is 2.78. The van der Waals surface area contributed by atoms with Crippen molar-refractivity contribution in [3.8, 4) is 0 Å². The van der Waals surface area contributed by atoms with Crippen molar-refractivity contribution in [3.05, 3.63) is 46.1 Å². The smallest absolute Gasteiger partial charge is 0.0508 e. The number of fused-ring (bicyclic) bond motifs is 3. The summed E-state index contributed by atoms with van der Waals surface area (Å²) in [7, 11) is 0. The van der Waals surface area contributed by atoms with Gasteiger partial charge in [-0.05, 0) is 43.0 Å². The second-order valence-corrected chi connectivity index (χ2v) is 6.46. The number of nitrogens with zero attached hydrogens (tertiary/aromatic N) is 1. The molecule has 4 rings (SSSR count). The van der Waals surface area contributed by atoms with E-state index < -0.39 is 0 Å². The van der Waals surface area contributed by atoms with E-state index in [1.54, 1.807) is 5.56 Å². The number of benzene rings is 1. The molecule has 1 N–H and O–H groups in total. The van der Waals surface area contributed by atoms with Gasteiger partial charge in [0.2, 0.25) is 0 Å². The van der Waals surface area contributed by atoms with Gasteiger partial charge in [-0.1, -0.05) is 28.1 Å². The van der Waals surface area contributed by atoms with Crippen LogP contribution in [0.2, 0.25) is 0 Å². The second-order valence-electron chi connectivity index (χ2n) is 5.54. The molecular weight excluding hydrogens is 300 g/mol. The van der Waals surface area contributed by atoms with Crippen LogP contribution in [0.3, 0.4) is 0 Å². The lowest BCUT2D eigenvalue weighted by Gasteiger charge is -2.31. The third-order valence-corrected chi connectivity index (χ3v) is 4.92. The van der Waals surface area contributed by atoms with E-state index in [1.165, 1.54) is 40.3 Å². The molecular formula is C16H17BrN2. The molecule has 98 valence electrons. The fraction of sp³-hybridized carbons (Fsp3) is 0.375. The first-order valence-electron chi connectivity index (χ1n) is 7.02. The average molecular weight is 317 g/mol. The predicted octanol–water partition coefficient (Wildman–Crippen LogP) is 4.18. The van der Waals surface area contributed by atoms with E-state index in [-0.39, 0.29) is 0 Å². The van der Waals surface area contributed by atoms with Crippen molar-refractivity contribution in [3.63, 3.8) is 0 Å². The van der Waals surface area contributed by atoms with E-state index >= 15 is 0 Å². The molecule has 1 aromatic carbocycles. The van der Waals surface area contributed by atoms with Crippen molar-refractivity contribution >= 4 is 26.8 Å². The van der Waals surface area contributed by atoms with Gasteiger partial charge in [-0.25, -0.2) is 0 Å². The van der Waals surface area contributed by atoms with Gasteiger partial charge in [-0.2, -0.15) is 0 Å². The summed E-state index contributed by atoms with van der Waals surface area (Å²) in [5.74, 6) is 0. The molecule has 1 unspecified atom stereocenters. The van der Waals surface area contributed by atoms with Gasteiger partial charge in [0.1, 0.15) is 0 Å². The van der Waals surface area contributed by atoms with Crippen molar-refractivity contribution in [2.45, 2.75) is 25.3 Å². The van der Waals surface area contributed by atoms with Crippen molar-refractivity contribution in [2.24, 2.45) is 0 Å². The van der Waals surface area contributed by atoms with Gasteiger partial charge < -0.3 is 4.98 Å². The molecule has 1 aliphatic heterocycles. The quantitative estimate of drug-likeness (QED) is 0.782. The van der Waals surface area contributed by atoms with Crippen LogP contribution in [-0.2, 0) is 6.42 Å². The molecule has 1 atom stereocenters. The van der Waals surface area contributed by atoms with E-state index in [2.05, 4.69) is 56.2 Å². The third-order valence-electron chi connectivity index (χ3n) is 4.43. The molecule has 0 saturated carbocycles. The number of aromatic nitrogens is 1. The topological polar surface area (TPSA) is 19.0 Å². The minimum absolute atomic E-state index is 0.574. The lowest BCUT2D eigenvalue weighted by molar-refractivity contribution is 0.227. The van der Waals surface area contributed by atoms with Gasteiger partial charge in [-0.15, -0.1) is 0 Å². The van der Waals surface area contributed by atoms with Crippen LogP contribution in [0.4, 0.5) is 0 Å². The summed E-state index contributed by atoms with van der Waals surface area (Å²) in [6.45, 7) is 2.20. The molecule has 0 fully saturated rings. The summed E-state index contributed by atoms with van der Waals surface area (Å²) >= 11 is 3.59. The zero-order chi connectivity index (χ0) is 12.8. The van der Waals surface area contributed by atoms with Crippen LogP contribution >= 0.6 is 15.9 Å². The Morgan fingerprint density at radius 3 is 2.89 bits per heavy atom. The Morgan fingerprint density at radius 2 is 2.05 bits per heavy atom. The van der Waals surface area contributed by atoms with Crippen LogP contribution in [0.25, 0.3) is 10.9 Å². The zero-order valence-electron chi connectivity index (χ0n) is 10.8. The third kappa shape index (κ3) is 1.87. The van der Waals surface area contributed by atoms with Crippen molar-refractivity contribution in [1.82, 2.24) is 9.88 Å². The molecule has 0 bridgehead atoms. The summed E-state index contributed by atoms with van der Waals surface area (Å²) in [4.78, 5) is 6.25. The molecule has 2 aliphatic rings. The first-order valence-corrected chi connectivity index (χ1v) is 7.81. The van der Waals surface area contributed by atoms with E-state index in [4.69, 9.17) is 0 Å². The standard InChI is InChI=1S/C16H17BrN2/c17-11-6-7-14-13(10-11)12-4-3-5-15(16(12)18-14)19-8-1-2-9-19/h1-2,6-7,10,15,18H,3-5,8-9H2. The summed E-state index contributed by atoms with van der Waals surface area (Å²) in [5, 5.41) is 1.40. The molecule has 1 aliphatic carbocycles. The maximum Gasteiger partial charge on any atom is 0.0508 e. The largest absolute Gasteiger partial charge is 0.357 e. The number of H-pyrrole nitrogens is 1. The van der Waals surface area contributed by atoms with Gasteiger partial charge >= 0.3 is 0 Å². The molecule has 0 saturated heterocycles. The van der Waals surface area contributed by atoms with Crippen LogP contribution in [0.1, 0.15) is 30.1 Å². The summed E-state index contributed by atoms with van der Waals surface area (Å²) < 4.78 is 1.17. The number of halogens is 1. The van der Waals surface area contributed by atoms with Crippen molar-refractivity contribution in [2.75, 3.05) is 13.1 Å². The first-order chi connectivity index (χ1) is 9.33. The van der Waals surface area contributed by atoms with Crippen LogP contribution < -0.4 is 0 Å². The maximum atomic E-state index is 3.68. The fourth-order valence-electron chi connectivity index (χ4n) is 3.53. The highest BCUT2D eigenvalue weighted by molar-refractivity contribution is 9.10. The average Bonchev–Trinajstić information content (AvgIpc) is 3.05. The number of aryl methyl sites for hydroxylation is 1. The predicted molar refractivity (Wildman–Crippen MR) is 82.4 cm³/mol. The second kappa shape index (κ2) is 4.50. The van der Waals surface area contributed by atoms with E-state index in [9.17, 15) is 0 Å². The monoisotopic (exact) mass is 316 g/mol. The summed E-state index contributed by atoms with van der Waals surface area (Å²) in [5.41, 5.74) is 4.29. The molecule has 19 heavy (non-hydrogen) atoms. The molecule has 3 heteroatoms. The molecule has 2 aromatic rings. The van der Waals surface area contributed by atoms with Gasteiger partial charge in [0.05, 0.1) is 6.04 Å².